The molecular formula is C21H21F4N3O2. The molecular weight excluding hydrogens is 402 g/mol. The van der Waals surface area contributed by atoms with Gasteiger partial charge in [-0.1, -0.05) is 12.1 Å². The topological polar surface area (TPSA) is 52.7 Å². The first-order valence-electron chi connectivity index (χ1n) is 9.39. The number of ketones is 1. The molecule has 0 bridgehead atoms. The highest BCUT2D eigenvalue weighted by atomic mass is 19.4. The first-order valence-corrected chi connectivity index (χ1v) is 9.39. The Kier molecular flexibility index (Phi) is 6.28. The summed E-state index contributed by atoms with van der Waals surface area (Å²) >= 11 is 0. The predicted molar refractivity (Wildman–Crippen MR) is 104 cm³/mol. The molecule has 0 aromatic heterocycles. The minimum atomic E-state index is -4.44. The molecule has 3 rings (SSSR count). The van der Waals surface area contributed by atoms with E-state index < -0.39 is 17.6 Å². The molecule has 1 aliphatic heterocycles. The van der Waals surface area contributed by atoms with Crippen LogP contribution in [0.5, 0.6) is 0 Å². The molecule has 30 heavy (non-hydrogen) atoms. The minimum Gasteiger partial charge on any atom is -0.366 e. The Morgan fingerprint density at radius 2 is 1.73 bits per heavy atom. The Balaban J connectivity index is 1.54. The van der Waals surface area contributed by atoms with Gasteiger partial charge in [-0.15, -0.1) is 0 Å². The quantitative estimate of drug-likeness (QED) is 0.596. The smallest absolute Gasteiger partial charge is 0.366 e. The van der Waals surface area contributed by atoms with Crippen molar-refractivity contribution in [3.05, 3.63) is 65.0 Å². The van der Waals surface area contributed by atoms with E-state index in [0.717, 1.165) is 12.1 Å². The van der Waals surface area contributed by atoms with Crippen LogP contribution in [0.1, 0.15) is 28.4 Å². The number of nitrogens with zero attached hydrogens (tertiary/aromatic N) is 2. The summed E-state index contributed by atoms with van der Waals surface area (Å²) in [4.78, 5) is 27.0. The second kappa shape index (κ2) is 8.73. The Morgan fingerprint density at radius 1 is 1.03 bits per heavy atom. The van der Waals surface area contributed by atoms with Gasteiger partial charge < -0.3 is 15.1 Å². The van der Waals surface area contributed by atoms with Crippen molar-refractivity contribution in [2.45, 2.75) is 19.6 Å². The number of carbonyl (C=O) groups is 2. The maximum absolute atomic E-state index is 14.3. The summed E-state index contributed by atoms with van der Waals surface area (Å²) in [7, 11) is 0. The van der Waals surface area contributed by atoms with Crippen LogP contribution in [0.4, 0.5) is 28.0 Å². The van der Waals surface area contributed by atoms with Gasteiger partial charge in [0.1, 0.15) is 5.82 Å². The van der Waals surface area contributed by atoms with Crippen molar-refractivity contribution in [1.29, 1.82) is 0 Å². The number of rotatable bonds is 4. The molecule has 1 N–H and O–H groups in total. The molecule has 1 saturated heterocycles. The normalized spacial score (nSPS) is 14.6. The first-order chi connectivity index (χ1) is 14.1. The van der Waals surface area contributed by atoms with Crippen molar-refractivity contribution >= 4 is 17.5 Å². The molecule has 2 amide bonds. The Morgan fingerprint density at radius 3 is 2.33 bits per heavy atom. The van der Waals surface area contributed by atoms with E-state index in [1.807, 2.05) is 0 Å². The molecule has 0 atom stereocenters. The number of hydrogen-bond acceptors (Lipinski definition) is 3. The first kappa shape index (κ1) is 21.6. The highest BCUT2D eigenvalue weighted by Crippen LogP contribution is 2.29. The highest BCUT2D eigenvalue weighted by Gasteiger charge is 2.30. The fourth-order valence-electron chi connectivity index (χ4n) is 3.28. The number of anilines is 1. The molecule has 1 fully saturated rings. The van der Waals surface area contributed by atoms with Crippen molar-refractivity contribution in [3.63, 3.8) is 0 Å². The number of nitrogens with one attached hydrogen (secondary N) is 1. The van der Waals surface area contributed by atoms with Gasteiger partial charge in [0.2, 0.25) is 0 Å². The van der Waals surface area contributed by atoms with Crippen LogP contribution in [0.2, 0.25) is 0 Å². The van der Waals surface area contributed by atoms with Crippen LogP contribution in [0.15, 0.2) is 42.5 Å². The minimum absolute atomic E-state index is 0.0237. The number of piperazine rings is 1. The van der Waals surface area contributed by atoms with E-state index in [4.69, 9.17) is 0 Å². The molecule has 0 radical (unpaired) electrons. The summed E-state index contributed by atoms with van der Waals surface area (Å²) in [5.74, 6) is -0.715. The number of amides is 2. The van der Waals surface area contributed by atoms with Crippen molar-refractivity contribution in [1.82, 2.24) is 10.2 Å². The average Bonchev–Trinajstić information content (AvgIpc) is 2.71. The zero-order valence-corrected chi connectivity index (χ0v) is 16.3. The van der Waals surface area contributed by atoms with Crippen molar-refractivity contribution in [2.75, 3.05) is 31.1 Å². The van der Waals surface area contributed by atoms with Gasteiger partial charge in [-0.2, -0.15) is 13.2 Å². The van der Waals surface area contributed by atoms with Crippen molar-refractivity contribution in [2.24, 2.45) is 0 Å². The molecule has 160 valence electrons. The van der Waals surface area contributed by atoms with Gasteiger partial charge in [-0.3, -0.25) is 4.79 Å². The van der Waals surface area contributed by atoms with Crippen molar-refractivity contribution < 1.29 is 27.2 Å². The second-order valence-electron chi connectivity index (χ2n) is 7.05. The summed E-state index contributed by atoms with van der Waals surface area (Å²) in [5.41, 5.74) is 0.248. The fourth-order valence-corrected chi connectivity index (χ4v) is 3.28. The third kappa shape index (κ3) is 5.08. The molecule has 0 aliphatic carbocycles. The zero-order chi connectivity index (χ0) is 21.9. The predicted octanol–water partition coefficient (Wildman–Crippen LogP) is 4.08. The number of carbonyl (C=O) groups excluding carboxylic acids is 2. The molecule has 9 heteroatoms. The van der Waals surface area contributed by atoms with E-state index in [1.165, 1.54) is 30.0 Å². The van der Waals surface area contributed by atoms with Gasteiger partial charge in [0.15, 0.2) is 5.78 Å². The monoisotopic (exact) mass is 423 g/mol. The third-order valence-corrected chi connectivity index (χ3v) is 4.96. The lowest BCUT2D eigenvalue weighted by Crippen LogP contribution is -2.51. The zero-order valence-electron chi connectivity index (χ0n) is 16.3. The third-order valence-electron chi connectivity index (χ3n) is 4.96. The number of benzene rings is 2. The molecule has 1 aliphatic rings. The molecule has 0 saturated carbocycles. The van der Waals surface area contributed by atoms with E-state index in [-0.39, 0.29) is 18.4 Å². The maximum atomic E-state index is 14.3. The van der Waals surface area contributed by atoms with Crippen LogP contribution in [0, 0.1) is 5.82 Å². The maximum Gasteiger partial charge on any atom is 0.416 e. The summed E-state index contributed by atoms with van der Waals surface area (Å²) in [6.45, 7) is 2.81. The van der Waals surface area contributed by atoms with Crippen LogP contribution in [0.25, 0.3) is 0 Å². The number of alkyl halides is 3. The summed E-state index contributed by atoms with van der Waals surface area (Å²) in [6.07, 6.45) is -4.44. The summed E-state index contributed by atoms with van der Waals surface area (Å²) in [5, 5.41) is 2.62. The Bertz CT molecular complexity index is 938. The van der Waals surface area contributed by atoms with E-state index in [0.29, 0.717) is 43.0 Å². The van der Waals surface area contributed by atoms with Gasteiger partial charge in [0.05, 0.1) is 11.3 Å². The highest BCUT2D eigenvalue weighted by molar-refractivity contribution is 5.94. The summed E-state index contributed by atoms with van der Waals surface area (Å²) < 4.78 is 52.7. The standard InChI is InChI=1S/C21H21F4N3O2/c1-14(29)16-5-6-19(18(22)12-16)27-7-9-28(10-8-27)20(30)26-13-15-3-2-4-17(11-15)21(23,24)25/h2-6,11-12H,7-10,13H2,1H3,(H,26,30). The largest absolute Gasteiger partial charge is 0.416 e. The second-order valence-corrected chi connectivity index (χ2v) is 7.05. The molecule has 0 spiro atoms. The molecule has 5 nitrogen and oxygen atoms in total. The number of hydrogen-bond donors (Lipinski definition) is 1. The molecule has 0 unspecified atom stereocenters. The van der Waals surface area contributed by atoms with E-state index in [9.17, 15) is 27.2 Å². The SMILES string of the molecule is CC(=O)c1ccc(N2CCN(C(=O)NCc3cccc(C(F)(F)F)c3)CC2)c(F)c1. The Hall–Kier alpha value is -3.10. The van der Waals surface area contributed by atoms with E-state index in [1.54, 1.807) is 17.0 Å². The van der Waals surface area contributed by atoms with E-state index in [2.05, 4.69) is 5.32 Å². The van der Waals surface area contributed by atoms with E-state index >= 15 is 0 Å². The van der Waals surface area contributed by atoms with Crippen LogP contribution >= 0.6 is 0 Å². The van der Waals surface area contributed by atoms with Gasteiger partial charge in [0, 0.05) is 38.3 Å². The lowest BCUT2D eigenvalue weighted by atomic mass is 10.1. The Labute approximate surface area is 171 Å². The lowest BCUT2D eigenvalue weighted by molar-refractivity contribution is -0.137. The number of halogens is 4. The average molecular weight is 423 g/mol. The van der Waals surface area contributed by atoms with Gasteiger partial charge in [-0.25, -0.2) is 9.18 Å². The van der Waals surface area contributed by atoms with Crippen LogP contribution in [0.3, 0.4) is 0 Å². The molecule has 1 heterocycles. The van der Waals surface area contributed by atoms with Crippen LogP contribution < -0.4 is 10.2 Å². The number of Topliss-reactive ketones (excluding diaryl/α,β-unsaturated/α-hetero) is 1. The van der Waals surface area contributed by atoms with Crippen LogP contribution in [-0.4, -0.2) is 42.9 Å². The van der Waals surface area contributed by atoms with Crippen molar-refractivity contribution in [3.8, 4) is 0 Å². The molecule has 2 aromatic carbocycles. The summed E-state index contributed by atoms with van der Waals surface area (Å²) in [6, 6.07) is 8.73. The van der Waals surface area contributed by atoms with Gasteiger partial charge in [0.25, 0.3) is 0 Å². The van der Waals surface area contributed by atoms with Gasteiger partial charge in [-0.05, 0) is 42.8 Å². The number of urea groups is 1. The lowest BCUT2D eigenvalue weighted by Gasteiger charge is -2.36. The van der Waals surface area contributed by atoms with Gasteiger partial charge >= 0.3 is 12.2 Å². The fraction of sp³-hybridized carbons (Fsp3) is 0.333. The molecule has 2 aromatic rings. The van der Waals surface area contributed by atoms with Crippen LogP contribution in [-0.2, 0) is 12.7 Å².